The second kappa shape index (κ2) is 8.19. The maximum Gasteiger partial charge on any atom is 0.330 e. The van der Waals surface area contributed by atoms with Gasteiger partial charge < -0.3 is 19.9 Å². The summed E-state index contributed by atoms with van der Waals surface area (Å²) in [4.78, 5) is 23.6. The largest absolute Gasteiger partial charge is 0.497 e. The van der Waals surface area contributed by atoms with E-state index < -0.39 is 17.9 Å². The number of carbonyl (C=O) groups excluding carboxylic acids is 1. The summed E-state index contributed by atoms with van der Waals surface area (Å²) in [7, 11) is 1.52. The predicted molar refractivity (Wildman–Crippen MR) is 92.9 cm³/mol. The zero-order valence-electron chi connectivity index (χ0n) is 14.4. The van der Waals surface area contributed by atoms with Crippen LogP contribution in [0.15, 0.2) is 42.5 Å². The summed E-state index contributed by atoms with van der Waals surface area (Å²) in [6, 6.07) is 11.0. The summed E-state index contributed by atoms with van der Waals surface area (Å²) in [5.41, 5.74) is 2.46. The van der Waals surface area contributed by atoms with Crippen LogP contribution < -0.4 is 14.8 Å². The summed E-state index contributed by atoms with van der Waals surface area (Å²) in [5.74, 6) is -0.456. The lowest BCUT2D eigenvalue weighted by Gasteiger charge is -2.16. The molecule has 6 nitrogen and oxygen atoms in total. The molecule has 1 unspecified atom stereocenters. The Kier molecular flexibility index (Phi) is 6.00. The van der Waals surface area contributed by atoms with Crippen molar-refractivity contribution in [2.45, 2.75) is 19.9 Å². The third kappa shape index (κ3) is 4.97. The number of rotatable bonds is 7. The molecule has 25 heavy (non-hydrogen) atoms. The predicted octanol–water partition coefficient (Wildman–Crippen LogP) is 2.63. The number of aryl methyl sites for hydroxylation is 2. The van der Waals surface area contributed by atoms with Crippen LogP contribution in [0.3, 0.4) is 0 Å². The fraction of sp³-hybridized carbons (Fsp3) is 0.263. The first-order chi connectivity index (χ1) is 11.9. The van der Waals surface area contributed by atoms with Crippen LogP contribution in [-0.4, -0.2) is 30.7 Å². The van der Waals surface area contributed by atoms with Crippen molar-refractivity contribution in [3.05, 3.63) is 59.2 Å². The second-order valence-corrected chi connectivity index (χ2v) is 5.67. The van der Waals surface area contributed by atoms with E-state index in [1.54, 1.807) is 30.3 Å². The van der Waals surface area contributed by atoms with Crippen LogP contribution >= 0.6 is 0 Å². The molecule has 1 atom stereocenters. The number of nitrogens with one attached hydrogen (secondary N) is 1. The first kappa shape index (κ1) is 18.3. The summed E-state index contributed by atoms with van der Waals surface area (Å²) in [6.07, 6.45) is 0. The van der Waals surface area contributed by atoms with Crippen molar-refractivity contribution in [1.82, 2.24) is 5.32 Å². The molecule has 0 radical (unpaired) electrons. The van der Waals surface area contributed by atoms with Gasteiger partial charge in [-0.1, -0.05) is 29.8 Å². The molecular weight excluding hydrogens is 322 g/mol. The molecule has 2 rings (SSSR count). The van der Waals surface area contributed by atoms with Crippen LogP contribution in [0.1, 0.15) is 22.7 Å². The SMILES string of the molecule is COc1ccc(C(NC(=O)COc2ccc(C)cc2C)C(=O)O)cc1. The van der Waals surface area contributed by atoms with E-state index in [0.29, 0.717) is 17.1 Å². The van der Waals surface area contributed by atoms with Crippen molar-refractivity contribution in [2.24, 2.45) is 0 Å². The van der Waals surface area contributed by atoms with E-state index in [1.807, 2.05) is 26.0 Å². The molecule has 2 aromatic rings. The van der Waals surface area contributed by atoms with Gasteiger partial charge in [-0.3, -0.25) is 4.79 Å². The third-order valence-electron chi connectivity index (χ3n) is 3.69. The van der Waals surface area contributed by atoms with Crippen LogP contribution in [-0.2, 0) is 9.59 Å². The average molecular weight is 343 g/mol. The quantitative estimate of drug-likeness (QED) is 0.807. The first-order valence-corrected chi connectivity index (χ1v) is 7.77. The number of hydrogen-bond acceptors (Lipinski definition) is 4. The van der Waals surface area contributed by atoms with Crippen molar-refractivity contribution >= 4 is 11.9 Å². The molecule has 1 amide bonds. The lowest BCUT2D eigenvalue weighted by atomic mass is 10.1. The Morgan fingerprint density at radius 3 is 2.36 bits per heavy atom. The topological polar surface area (TPSA) is 84.9 Å². The molecule has 6 heteroatoms. The van der Waals surface area contributed by atoms with Crippen molar-refractivity contribution < 1.29 is 24.2 Å². The first-order valence-electron chi connectivity index (χ1n) is 7.77. The van der Waals surface area contributed by atoms with Crippen LogP contribution in [0.2, 0.25) is 0 Å². The molecule has 0 spiro atoms. The Morgan fingerprint density at radius 2 is 1.80 bits per heavy atom. The van der Waals surface area contributed by atoms with Crippen molar-refractivity contribution in [3.63, 3.8) is 0 Å². The van der Waals surface area contributed by atoms with E-state index in [-0.39, 0.29) is 6.61 Å². The highest BCUT2D eigenvalue weighted by Crippen LogP contribution is 2.20. The number of carboxylic acid groups (broad SMARTS) is 1. The molecular formula is C19H21NO5. The third-order valence-corrected chi connectivity index (χ3v) is 3.69. The number of benzene rings is 2. The summed E-state index contributed by atoms with van der Waals surface area (Å²) in [6.45, 7) is 3.59. The van der Waals surface area contributed by atoms with E-state index in [2.05, 4.69) is 5.32 Å². The minimum Gasteiger partial charge on any atom is -0.497 e. The number of hydrogen-bond donors (Lipinski definition) is 2. The second-order valence-electron chi connectivity index (χ2n) is 5.67. The van der Waals surface area contributed by atoms with Crippen LogP contribution in [0.25, 0.3) is 0 Å². The number of methoxy groups -OCH3 is 1. The number of carboxylic acids is 1. The normalized spacial score (nSPS) is 11.5. The van der Waals surface area contributed by atoms with Gasteiger partial charge in [-0.15, -0.1) is 0 Å². The summed E-state index contributed by atoms with van der Waals surface area (Å²) >= 11 is 0. The minimum atomic E-state index is -1.15. The molecule has 0 fully saturated rings. The Hall–Kier alpha value is -3.02. The molecule has 0 heterocycles. The zero-order chi connectivity index (χ0) is 18.4. The molecule has 2 aromatic carbocycles. The average Bonchev–Trinajstić information content (AvgIpc) is 2.59. The van der Waals surface area contributed by atoms with Crippen LogP contribution in [0.4, 0.5) is 0 Å². The van der Waals surface area contributed by atoms with Gasteiger partial charge in [0.1, 0.15) is 11.5 Å². The van der Waals surface area contributed by atoms with E-state index in [4.69, 9.17) is 9.47 Å². The number of carbonyl (C=O) groups is 2. The highest BCUT2D eigenvalue weighted by molar-refractivity contribution is 5.85. The molecule has 0 aliphatic heterocycles. The van der Waals surface area contributed by atoms with E-state index in [0.717, 1.165) is 11.1 Å². The van der Waals surface area contributed by atoms with Gasteiger partial charge in [0.15, 0.2) is 12.6 Å². The maximum atomic E-state index is 12.1. The van der Waals surface area contributed by atoms with Gasteiger partial charge >= 0.3 is 5.97 Å². The van der Waals surface area contributed by atoms with Gasteiger partial charge in [0.25, 0.3) is 5.91 Å². The standard InChI is InChI=1S/C19H21NO5/c1-12-4-9-16(13(2)10-12)25-11-17(21)20-18(19(22)23)14-5-7-15(24-3)8-6-14/h4-10,18H,11H2,1-3H3,(H,20,21)(H,22,23). The fourth-order valence-corrected chi connectivity index (χ4v) is 2.39. The Labute approximate surface area is 146 Å². The van der Waals surface area contributed by atoms with Gasteiger partial charge in [-0.25, -0.2) is 4.79 Å². The molecule has 0 bridgehead atoms. The Bertz CT molecular complexity index is 755. The lowest BCUT2D eigenvalue weighted by molar-refractivity contribution is -0.142. The highest BCUT2D eigenvalue weighted by Gasteiger charge is 2.22. The molecule has 0 aliphatic carbocycles. The Morgan fingerprint density at radius 1 is 1.12 bits per heavy atom. The van der Waals surface area contributed by atoms with E-state index in [1.165, 1.54) is 7.11 Å². The number of amides is 1. The molecule has 0 saturated carbocycles. The van der Waals surface area contributed by atoms with Crippen LogP contribution in [0.5, 0.6) is 11.5 Å². The van der Waals surface area contributed by atoms with E-state index in [9.17, 15) is 14.7 Å². The highest BCUT2D eigenvalue weighted by atomic mass is 16.5. The minimum absolute atomic E-state index is 0.260. The van der Waals surface area contributed by atoms with Gasteiger partial charge in [-0.05, 0) is 43.2 Å². The summed E-state index contributed by atoms with van der Waals surface area (Å²) in [5, 5.41) is 11.8. The van der Waals surface area contributed by atoms with Crippen LogP contribution in [0, 0.1) is 13.8 Å². The van der Waals surface area contributed by atoms with Crippen molar-refractivity contribution in [3.8, 4) is 11.5 Å². The zero-order valence-corrected chi connectivity index (χ0v) is 14.4. The fourth-order valence-electron chi connectivity index (χ4n) is 2.39. The molecule has 0 aliphatic rings. The lowest BCUT2D eigenvalue weighted by Crippen LogP contribution is -2.36. The molecule has 132 valence electrons. The van der Waals surface area contributed by atoms with Gasteiger partial charge in [-0.2, -0.15) is 0 Å². The molecule has 0 saturated heterocycles. The van der Waals surface area contributed by atoms with E-state index >= 15 is 0 Å². The summed E-state index contributed by atoms with van der Waals surface area (Å²) < 4.78 is 10.5. The Balaban J connectivity index is 2.01. The molecule has 2 N–H and O–H groups in total. The monoisotopic (exact) mass is 343 g/mol. The smallest absolute Gasteiger partial charge is 0.330 e. The van der Waals surface area contributed by atoms with Gasteiger partial charge in [0, 0.05) is 0 Å². The van der Waals surface area contributed by atoms with Gasteiger partial charge in [0.05, 0.1) is 7.11 Å². The number of aliphatic carboxylic acids is 1. The maximum absolute atomic E-state index is 12.1. The van der Waals surface area contributed by atoms with Crippen molar-refractivity contribution in [1.29, 1.82) is 0 Å². The van der Waals surface area contributed by atoms with Crippen molar-refractivity contribution in [2.75, 3.05) is 13.7 Å². The van der Waals surface area contributed by atoms with Gasteiger partial charge in [0.2, 0.25) is 0 Å². The number of ether oxygens (including phenoxy) is 2. The molecule has 0 aromatic heterocycles.